The Balaban J connectivity index is 1.65. The summed E-state index contributed by atoms with van der Waals surface area (Å²) in [5, 5.41) is 19.4. The van der Waals surface area contributed by atoms with Crippen LogP contribution in [0.3, 0.4) is 0 Å². The normalized spacial score (nSPS) is 14.0. The number of anilines is 5. The number of aromatic nitrogens is 3. The minimum atomic E-state index is 0.180. The summed E-state index contributed by atoms with van der Waals surface area (Å²) in [5.74, 6) is 1.68. The molecule has 8 nitrogen and oxygen atoms in total. The third-order valence-electron chi connectivity index (χ3n) is 4.16. The van der Waals surface area contributed by atoms with Gasteiger partial charge in [0, 0.05) is 43.6 Å². The second kappa shape index (κ2) is 7.88. The lowest BCUT2D eigenvalue weighted by molar-refractivity contribution is 0.475. The van der Waals surface area contributed by atoms with Crippen molar-refractivity contribution in [3.05, 3.63) is 54.6 Å². The Hall–Kier alpha value is -3.39. The predicted octanol–water partition coefficient (Wildman–Crippen LogP) is 2.47. The number of nitrogens with zero attached hydrogens (tertiary/aromatic N) is 4. The van der Waals surface area contributed by atoms with Crippen molar-refractivity contribution >= 4 is 29.2 Å². The Morgan fingerprint density at radius 2 is 1.48 bits per heavy atom. The molecular weight excluding hydrogens is 342 g/mol. The summed E-state index contributed by atoms with van der Waals surface area (Å²) in [6.45, 7) is 3.45. The highest BCUT2D eigenvalue weighted by molar-refractivity contribution is 5.60. The number of piperazine rings is 1. The van der Waals surface area contributed by atoms with Gasteiger partial charge in [-0.15, -0.1) is 0 Å². The monoisotopic (exact) mass is 363 g/mol. The van der Waals surface area contributed by atoms with Crippen LogP contribution in [0.15, 0.2) is 54.6 Å². The fourth-order valence-corrected chi connectivity index (χ4v) is 2.85. The molecular formula is C19H21N7O. The Kier molecular flexibility index (Phi) is 4.97. The summed E-state index contributed by atoms with van der Waals surface area (Å²) in [4.78, 5) is 15.8. The van der Waals surface area contributed by atoms with Crippen LogP contribution >= 0.6 is 0 Å². The van der Waals surface area contributed by atoms with Gasteiger partial charge in [-0.05, 0) is 24.3 Å². The first-order valence-electron chi connectivity index (χ1n) is 8.86. The van der Waals surface area contributed by atoms with Gasteiger partial charge < -0.3 is 26.0 Å². The van der Waals surface area contributed by atoms with E-state index in [0.717, 1.165) is 31.9 Å². The first-order chi connectivity index (χ1) is 13.3. The van der Waals surface area contributed by atoms with Gasteiger partial charge in [0.05, 0.1) is 0 Å². The minimum absolute atomic E-state index is 0.180. The van der Waals surface area contributed by atoms with E-state index >= 15 is 0 Å². The number of phenols is 1. The highest BCUT2D eigenvalue weighted by atomic mass is 16.3. The Morgan fingerprint density at radius 1 is 0.815 bits per heavy atom. The maximum atomic E-state index is 9.68. The molecule has 3 aromatic rings. The maximum Gasteiger partial charge on any atom is 0.233 e. The van der Waals surface area contributed by atoms with Gasteiger partial charge in [0.25, 0.3) is 0 Å². The lowest BCUT2D eigenvalue weighted by Gasteiger charge is -2.27. The van der Waals surface area contributed by atoms with Gasteiger partial charge in [0.1, 0.15) is 5.75 Å². The van der Waals surface area contributed by atoms with Crippen LogP contribution in [0.25, 0.3) is 0 Å². The van der Waals surface area contributed by atoms with Crippen LogP contribution in [0.1, 0.15) is 0 Å². The molecule has 0 spiro atoms. The van der Waals surface area contributed by atoms with Crippen LogP contribution in [-0.4, -0.2) is 46.2 Å². The Labute approximate surface area is 157 Å². The standard InChI is InChI=1S/C19H21N7O/c27-16-8-4-7-15(13-16)22-18-23-17(21-14-5-2-1-3-6-14)24-19(25-18)26-11-9-20-10-12-26/h1-8,13,20,27H,9-12H2,(H2,21,22,23,24,25). The fraction of sp³-hybridized carbons (Fsp3) is 0.211. The SMILES string of the molecule is Oc1cccc(Nc2nc(Nc3ccccc3)nc(N3CCNCC3)n2)c1. The zero-order valence-corrected chi connectivity index (χ0v) is 14.8. The molecule has 2 heterocycles. The first-order valence-corrected chi connectivity index (χ1v) is 8.86. The van der Waals surface area contributed by atoms with E-state index < -0.39 is 0 Å². The van der Waals surface area contributed by atoms with Crippen molar-refractivity contribution in [2.45, 2.75) is 0 Å². The third kappa shape index (κ3) is 4.42. The molecule has 1 aliphatic heterocycles. The molecule has 0 amide bonds. The Morgan fingerprint density at radius 3 is 2.19 bits per heavy atom. The van der Waals surface area contributed by atoms with E-state index in [-0.39, 0.29) is 5.75 Å². The van der Waals surface area contributed by atoms with Gasteiger partial charge in [-0.25, -0.2) is 0 Å². The predicted molar refractivity (Wildman–Crippen MR) is 106 cm³/mol. The van der Waals surface area contributed by atoms with Crippen LogP contribution in [0.2, 0.25) is 0 Å². The van der Waals surface area contributed by atoms with Gasteiger partial charge in [-0.1, -0.05) is 24.3 Å². The number of nitrogens with one attached hydrogen (secondary N) is 3. The lowest BCUT2D eigenvalue weighted by Crippen LogP contribution is -2.44. The van der Waals surface area contributed by atoms with Crippen molar-refractivity contribution in [1.29, 1.82) is 0 Å². The molecule has 0 atom stereocenters. The lowest BCUT2D eigenvalue weighted by atomic mass is 10.3. The van der Waals surface area contributed by atoms with Gasteiger partial charge in [-0.3, -0.25) is 0 Å². The van der Waals surface area contributed by atoms with Crippen molar-refractivity contribution < 1.29 is 5.11 Å². The second-order valence-electron chi connectivity index (χ2n) is 6.19. The summed E-state index contributed by atoms with van der Waals surface area (Å²) in [6, 6.07) is 16.6. The van der Waals surface area contributed by atoms with E-state index in [1.54, 1.807) is 18.2 Å². The molecule has 1 aromatic heterocycles. The second-order valence-corrected chi connectivity index (χ2v) is 6.19. The van der Waals surface area contributed by atoms with Crippen LogP contribution in [0.4, 0.5) is 29.2 Å². The Bertz CT molecular complexity index is 898. The van der Waals surface area contributed by atoms with E-state index in [0.29, 0.717) is 23.5 Å². The van der Waals surface area contributed by atoms with Gasteiger partial charge in [-0.2, -0.15) is 15.0 Å². The van der Waals surface area contributed by atoms with E-state index in [1.807, 2.05) is 36.4 Å². The molecule has 0 radical (unpaired) electrons. The van der Waals surface area contributed by atoms with E-state index in [1.165, 1.54) is 0 Å². The molecule has 8 heteroatoms. The first kappa shape index (κ1) is 17.0. The molecule has 1 aliphatic rings. The van der Waals surface area contributed by atoms with Crippen LogP contribution in [0, 0.1) is 0 Å². The third-order valence-corrected chi connectivity index (χ3v) is 4.16. The molecule has 0 unspecified atom stereocenters. The van der Waals surface area contributed by atoms with Gasteiger partial charge in [0.15, 0.2) is 0 Å². The minimum Gasteiger partial charge on any atom is -0.508 e. The average molecular weight is 363 g/mol. The highest BCUT2D eigenvalue weighted by Gasteiger charge is 2.16. The van der Waals surface area contributed by atoms with Crippen LogP contribution in [-0.2, 0) is 0 Å². The van der Waals surface area contributed by atoms with Crippen molar-refractivity contribution in [2.75, 3.05) is 41.7 Å². The van der Waals surface area contributed by atoms with Crippen molar-refractivity contribution in [2.24, 2.45) is 0 Å². The smallest absolute Gasteiger partial charge is 0.233 e. The van der Waals surface area contributed by atoms with Crippen LogP contribution in [0.5, 0.6) is 5.75 Å². The zero-order chi connectivity index (χ0) is 18.5. The number of hydrogen-bond acceptors (Lipinski definition) is 8. The molecule has 138 valence electrons. The summed E-state index contributed by atoms with van der Waals surface area (Å²) in [6.07, 6.45) is 0. The summed E-state index contributed by atoms with van der Waals surface area (Å²) in [7, 11) is 0. The zero-order valence-electron chi connectivity index (χ0n) is 14.8. The molecule has 0 aliphatic carbocycles. The molecule has 27 heavy (non-hydrogen) atoms. The molecule has 4 rings (SSSR count). The van der Waals surface area contributed by atoms with Crippen LogP contribution < -0.4 is 20.9 Å². The van der Waals surface area contributed by atoms with Crippen molar-refractivity contribution in [1.82, 2.24) is 20.3 Å². The summed E-state index contributed by atoms with van der Waals surface area (Å²) in [5.41, 5.74) is 1.61. The van der Waals surface area contributed by atoms with Crippen molar-refractivity contribution in [3.63, 3.8) is 0 Å². The summed E-state index contributed by atoms with van der Waals surface area (Å²) < 4.78 is 0. The molecule has 2 aromatic carbocycles. The van der Waals surface area contributed by atoms with Crippen molar-refractivity contribution in [3.8, 4) is 5.75 Å². The molecule has 0 bridgehead atoms. The van der Waals surface area contributed by atoms with E-state index in [4.69, 9.17) is 0 Å². The average Bonchev–Trinajstić information content (AvgIpc) is 2.69. The largest absolute Gasteiger partial charge is 0.508 e. The molecule has 0 saturated carbocycles. The maximum absolute atomic E-state index is 9.68. The summed E-state index contributed by atoms with van der Waals surface area (Å²) >= 11 is 0. The van der Waals surface area contributed by atoms with Gasteiger partial charge in [0.2, 0.25) is 17.8 Å². The fourth-order valence-electron chi connectivity index (χ4n) is 2.85. The highest BCUT2D eigenvalue weighted by Crippen LogP contribution is 2.22. The number of phenolic OH excluding ortho intramolecular Hbond substituents is 1. The van der Waals surface area contributed by atoms with E-state index in [2.05, 4.69) is 35.8 Å². The van der Waals surface area contributed by atoms with E-state index in [9.17, 15) is 5.11 Å². The number of rotatable bonds is 5. The quantitative estimate of drug-likeness (QED) is 0.549. The molecule has 1 saturated heterocycles. The molecule has 1 fully saturated rings. The number of para-hydroxylation sites is 1. The topological polar surface area (TPSA) is 98.2 Å². The number of benzene rings is 2. The molecule has 4 N–H and O–H groups in total. The van der Waals surface area contributed by atoms with Gasteiger partial charge >= 0.3 is 0 Å². The number of aromatic hydroxyl groups is 1. The number of hydrogen-bond donors (Lipinski definition) is 4.